The van der Waals surface area contributed by atoms with Gasteiger partial charge in [0.1, 0.15) is 10.0 Å². The molecule has 1 N–H and O–H groups in total. The van der Waals surface area contributed by atoms with E-state index in [2.05, 4.69) is 20.7 Å². The number of esters is 1. The van der Waals surface area contributed by atoms with Gasteiger partial charge in [-0.05, 0) is 28.1 Å². The van der Waals surface area contributed by atoms with Crippen LogP contribution in [0, 0.1) is 10.1 Å². The zero-order valence-corrected chi connectivity index (χ0v) is 11.7. The Labute approximate surface area is 123 Å². The van der Waals surface area contributed by atoms with Gasteiger partial charge in [0.15, 0.2) is 0 Å². The first-order valence-electron chi connectivity index (χ1n) is 5.03. The number of halogens is 4. The third-order valence-corrected chi connectivity index (χ3v) is 3.01. The second-order valence-electron chi connectivity index (χ2n) is 3.52. The molecule has 0 spiro atoms. The van der Waals surface area contributed by atoms with Crippen LogP contribution in [-0.4, -0.2) is 30.1 Å². The van der Waals surface area contributed by atoms with E-state index in [1.54, 1.807) is 0 Å². The minimum atomic E-state index is -5.16. The number of hydrogen-bond acceptors (Lipinski definition) is 5. The molecule has 0 aliphatic heterocycles. The monoisotopic (exact) mass is 370 g/mol. The molecule has 0 atom stereocenters. The summed E-state index contributed by atoms with van der Waals surface area (Å²) in [4.78, 5) is 32.1. The van der Waals surface area contributed by atoms with Crippen LogP contribution in [-0.2, 0) is 9.53 Å². The van der Waals surface area contributed by atoms with Gasteiger partial charge in [-0.3, -0.25) is 14.9 Å². The average Bonchev–Trinajstić information content (AvgIpc) is 2.38. The van der Waals surface area contributed by atoms with Crippen LogP contribution in [0.4, 0.5) is 24.5 Å². The number of nitrogens with one attached hydrogen (secondary N) is 1. The standard InChI is InChI=1S/C10H6BrF3N2O5/c1-21-8(17)4-2-3-5(6(11)7(4)16(19)20)15-9(18)10(12,13)14/h2-3H,1H3,(H,15,18). The molecule has 21 heavy (non-hydrogen) atoms. The van der Waals surface area contributed by atoms with Gasteiger partial charge < -0.3 is 10.1 Å². The molecule has 0 bridgehead atoms. The van der Waals surface area contributed by atoms with E-state index in [1.807, 2.05) is 0 Å². The molecule has 1 rings (SSSR count). The Morgan fingerprint density at radius 3 is 2.38 bits per heavy atom. The van der Waals surface area contributed by atoms with Crippen molar-refractivity contribution in [2.45, 2.75) is 6.18 Å². The maximum Gasteiger partial charge on any atom is 0.471 e. The molecule has 1 amide bonds. The summed E-state index contributed by atoms with van der Waals surface area (Å²) in [6.45, 7) is 0. The maximum absolute atomic E-state index is 12.2. The summed E-state index contributed by atoms with van der Waals surface area (Å²) < 4.78 is 40.3. The SMILES string of the molecule is COC(=O)c1ccc(NC(=O)C(F)(F)F)c(Br)c1[N+](=O)[O-]. The molecule has 7 nitrogen and oxygen atoms in total. The van der Waals surface area contributed by atoms with Gasteiger partial charge in [-0.25, -0.2) is 4.79 Å². The first-order valence-corrected chi connectivity index (χ1v) is 5.82. The molecule has 0 heterocycles. The Balaban J connectivity index is 3.34. The predicted octanol–water partition coefficient (Wildman–Crippen LogP) is 2.64. The number of methoxy groups -OCH3 is 1. The van der Waals surface area contributed by atoms with Crippen molar-refractivity contribution < 1.29 is 32.4 Å². The third kappa shape index (κ3) is 3.68. The van der Waals surface area contributed by atoms with Crippen molar-refractivity contribution in [3.05, 3.63) is 32.3 Å². The summed E-state index contributed by atoms with van der Waals surface area (Å²) in [5.41, 5.74) is -1.79. The topological polar surface area (TPSA) is 98.5 Å². The van der Waals surface area contributed by atoms with Crippen LogP contribution < -0.4 is 5.32 Å². The first kappa shape index (κ1) is 16.9. The highest BCUT2D eigenvalue weighted by Gasteiger charge is 2.39. The van der Waals surface area contributed by atoms with Gasteiger partial charge >= 0.3 is 18.1 Å². The van der Waals surface area contributed by atoms with E-state index in [0.29, 0.717) is 0 Å². The molecular weight excluding hydrogens is 365 g/mol. The number of alkyl halides is 3. The van der Waals surface area contributed by atoms with Crippen molar-refractivity contribution in [3.8, 4) is 0 Å². The highest BCUT2D eigenvalue weighted by atomic mass is 79.9. The van der Waals surface area contributed by atoms with Crippen molar-refractivity contribution in [2.75, 3.05) is 12.4 Å². The Bertz CT molecular complexity index is 617. The summed E-state index contributed by atoms with van der Waals surface area (Å²) in [5, 5.41) is 12.4. The quantitative estimate of drug-likeness (QED) is 0.501. The van der Waals surface area contributed by atoms with Gasteiger partial charge in [0, 0.05) is 0 Å². The molecule has 0 saturated carbocycles. The van der Waals surface area contributed by atoms with Crippen molar-refractivity contribution >= 4 is 39.2 Å². The molecule has 0 fully saturated rings. The van der Waals surface area contributed by atoms with Crippen LogP contribution in [0.15, 0.2) is 16.6 Å². The summed E-state index contributed by atoms with van der Waals surface area (Å²) in [7, 11) is 0.985. The number of anilines is 1. The van der Waals surface area contributed by atoms with Gasteiger partial charge in [0.05, 0.1) is 17.7 Å². The molecule has 0 unspecified atom stereocenters. The highest BCUT2D eigenvalue weighted by Crippen LogP contribution is 2.36. The fraction of sp³-hybridized carbons (Fsp3) is 0.200. The fourth-order valence-electron chi connectivity index (χ4n) is 1.31. The van der Waals surface area contributed by atoms with Crippen LogP contribution in [0.3, 0.4) is 0 Å². The number of nitro groups is 1. The maximum atomic E-state index is 12.2. The van der Waals surface area contributed by atoms with E-state index < -0.39 is 44.4 Å². The van der Waals surface area contributed by atoms with E-state index in [-0.39, 0.29) is 0 Å². The number of nitrogens with zero attached hydrogens (tertiary/aromatic N) is 1. The van der Waals surface area contributed by atoms with E-state index in [4.69, 9.17) is 0 Å². The number of nitro benzene ring substituents is 1. The number of hydrogen-bond donors (Lipinski definition) is 1. The van der Waals surface area contributed by atoms with Crippen molar-refractivity contribution in [1.29, 1.82) is 0 Å². The molecule has 114 valence electrons. The van der Waals surface area contributed by atoms with E-state index >= 15 is 0 Å². The van der Waals surface area contributed by atoms with Gasteiger partial charge in [0.25, 0.3) is 5.69 Å². The Kier molecular flexibility index (Phi) is 4.88. The lowest BCUT2D eigenvalue weighted by Gasteiger charge is -2.11. The molecule has 1 aromatic carbocycles. The van der Waals surface area contributed by atoms with Gasteiger partial charge in [-0.1, -0.05) is 0 Å². The molecule has 0 aliphatic carbocycles. The van der Waals surface area contributed by atoms with Crippen LogP contribution in [0.2, 0.25) is 0 Å². The van der Waals surface area contributed by atoms with Crippen LogP contribution in [0.25, 0.3) is 0 Å². The van der Waals surface area contributed by atoms with Crippen LogP contribution in [0.5, 0.6) is 0 Å². The smallest absolute Gasteiger partial charge is 0.465 e. The van der Waals surface area contributed by atoms with E-state index in [0.717, 1.165) is 19.2 Å². The van der Waals surface area contributed by atoms with Crippen molar-refractivity contribution in [1.82, 2.24) is 0 Å². The second kappa shape index (κ2) is 6.08. The zero-order chi connectivity index (χ0) is 16.4. The summed E-state index contributed by atoms with van der Waals surface area (Å²) in [6.07, 6.45) is -5.16. The first-order chi connectivity index (χ1) is 9.59. The normalized spacial score (nSPS) is 10.9. The number of ether oxygens (including phenoxy) is 1. The molecule has 0 aromatic heterocycles. The molecule has 0 aliphatic rings. The molecule has 11 heteroatoms. The molecular formula is C10H6BrF3N2O5. The average molecular weight is 371 g/mol. The number of carbonyl (C=O) groups excluding carboxylic acids is 2. The number of carbonyl (C=O) groups is 2. The summed E-state index contributed by atoms with van der Waals surface area (Å²) in [6, 6.07) is 1.79. The lowest BCUT2D eigenvalue weighted by Crippen LogP contribution is -2.30. The molecule has 1 aromatic rings. The lowest BCUT2D eigenvalue weighted by atomic mass is 10.1. The second-order valence-corrected chi connectivity index (χ2v) is 4.32. The van der Waals surface area contributed by atoms with Crippen molar-refractivity contribution in [2.24, 2.45) is 0 Å². The van der Waals surface area contributed by atoms with Crippen LogP contribution >= 0.6 is 15.9 Å². The third-order valence-electron chi connectivity index (χ3n) is 2.21. The van der Waals surface area contributed by atoms with Gasteiger partial charge in [0.2, 0.25) is 0 Å². The van der Waals surface area contributed by atoms with Gasteiger partial charge in [-0.2, -0.15) is 13.2 Å². The fourth-order valence-corrected chi connectivity index (χ4v) is 1.90. The Morgan fingerprint density at radius 2 is 1.95 bits per heavy atom. The Hall–Kier alpha value is -2.17. The van der Waals surface area contributed by atoms with E-state index in [1.165, 1.54) is 5.32 Å². The molecule has 0 saturated heterocycles. The number of rotatable bonds is 3. The highest BCUT2D eigenvalue weighted by molar-refractivity contribution is 9.10. The Morgan fingerprint density at radius 1 is 1.38 bits per heavy atom. The minimum absolute atomic E-state index is 0.473. The number of amides is 1. The molecule has 0 radical (unpaired) electrons. The predicted molar refractivity (Wildman–Crippen MR) is 66.8 cm³/mol. The van der Waals surface area contributed by atoms with Gasteiger partial charge in [-0.15, -0.1) is 0 Å². The zero-order valence-electron chi connectivity index (χ0n) is 10.2. The number of benzene rings is 1. The summed E-state index contributed by atoms with van der Waals surface area (Å²) >= 11 is 2.69. The largest absolute Gasteiger partial charge is 0.471 e. The lowest BCUT2D eigenvalue weighted by molar-refractivity contribution is -0.385. The van der Waals surface area contributed by atoms with E-state index in [9.17, 15) is 32.9 Å². The summed E-state index contributed by atoms with van der Waals surface area (Å²) in [5.74, 6) is -3.35. The van der Waals surface area contributed by atoms with Crippen molar-refractivity contribution in [3.63, 3.8) is 0 Å². The van der Waals surface area contributed by atoms with Crippen LogP contribution in [0.1, 0.15) is 10.4 Å². The minimum Gasteiger partial charge on any atom is -0.465 e.